The molecule has 2 amide bonds. The van der Waals surface area contributed by atoms with Gasteiger partial charge in [0, 0.05) is 5.69 Å². The highest BCUT2D eigenvalue weighted by molar-refractivity contribution is 7.91. The Bertz CT molecular complexity index is 915. The van der Waals surface area contributed by atoms with Crippen LogP contribution >= 0.6 is 0 Å². The number of aryl methyl sites for hydroxylation is 1. The van der Waals surface area contributed by atoms with Crippen LogP contribution in [0.5, 0.6) is 0 Å². The van der Waals surface area contributed by atoms with Crippen molar-refractivity contribution in [1.82, 2.24) is 14.7 Å². The SMILES string of the molecule is Cc1nn([C@@H]2CCS(=O)(=O)C2)c(C)c1C[NH+](C)CN1C(=O)[C@H]2CCCC[C@H]2C1=O. The molecule has 0 bridgehead atoms. The second-order valence-corrected chi connectivity index (χ2v) is 11.3. The highest BCUT2D eigenvalue weighted by Gasteiger charge is 2.49. The van der Waals surface area contributed by atoms with Gasteiger partial charge in [0.15, 0.2) is 16.5 Å². The Kier molecular flexibility index (Phi) is 5.31. The van der Waals surface area contributed by atoms with Crippen molar-refractivity contribution in [3.63, 3.8) is 0 Å². The molecule has 160 valence electrons. The smallest absolute Gasteiger partial charge is 0.237 e. The Morgan fingerprint density at radius 2 is 1.69 bits per heavy atom. The molecule has 0 spiro atoms. The van der Waals surface area contributed by atoms with E-state index in [1.54, 1.807) is 0 Å². The highest BCUT2D eigenvalue weighted by Crippen LogP contribution is 2.37. The first kappa shape index (κ1) is 20.5. The van der Waals surface area contributed by atoms with Gasteiger partial charge in [-0.1, -0.05) is 12.8 Å². The number of carbonyl (C=O) groups excluding carboxylic acids is 2. The molecule has 0 aromatic carbocycles. The van der Waals surface area contributed by atoms with Gasteiger partial charge in [0.25, 0.3) is 0 Å². The zero-order chi connectivity index (χ0) is 20.9. The van der Waals surface area contributed by atoms with E-state index in [4.69, 9.17) is 0 Å². The van der Waals surface area contributed by atoms with Crippen LogP contribution in [0.25, 0.3) is 0 Å². The standard InChI is InChI=1S/C20H30N4O4S/c1-13-18(14(2)24(21-13)15-8-9-29(27,28)11-15)10-22(3)12-23-19(25)16-6-4-5-7-17(16)20(23)26/h15-17H,4-12H2,1-3H3/p+1/t15-,16-,17+/m1/s1. The molecule has 3 fully saturated rings. The second-order valence-electron chi connectivity index (χ2n) is 9.04. The Hall–Kier alpha value is -1.74. The molecule has 1 saturated carbocycles. The first-order valence-electron chi connectivity index (χ1n) is 10.6. The maximum atomic E-state index is 12.7. The van der Waals surface area contributed by atoms with E-state index in [0.717, 1.165) is 47.5 Å². The van der Waals surface area contributed by atoms with Gasteiger partial charge in [0.1, 0.15) is 6.54 Å². The summed E-state index contributed by atoms with van der Waals surface area (Å²) in [6, 6.07) is -0.0994. The molecule has 0 radical (unpaired) electrons. The largest absolute Gasteiger partial charge is 0.316 e. The van der Waals surface area contributed by atoms with Gasteiger partial charge in [-0.2, -0.15) is 5.10 Å². The summed E-state index contributed by atoms with van der Waals surface area (Å²) < 4.78 is 25.5. The van der Waals surface area contributed by atoms with Crippen molar-refractivity contribution >= 4 is 21.7 Å². The molecule has 1 aromatic heterocycles. The van der Waals surface area contributed by atoms with Crippen LogP contribution in [0, 0.1) is 25.7 Å². The number of imide groups is 1. The van der Waals surface area contributed by atoms with Crippen LogP contribution in [0.2, 0.25) is 0 Å². The Labute approximate surface area is 172 Å². The van der Waals surface area contributed by atoms with E-state index in [1.165, 1.54) is 4.90 Å². The van der Waals surface area contributed by atoms with E-state index in [1.807, 2.05) is 25.6 Å². The summed E-state index contributed by atoms with van der Waals surface area (Å²) in [4.78, 5) is 28.0. The summed E-state index contributed by atoms with van der Waals surface area (Å²) >= 11 is 0. The van der Waals surface area contributed by atoms with Gasteiger partial charge < -0.3 is 4.90 Å². The number of nitrogens with zero attached hydrogens (tertiary/aromatic N) is 3. The van der Waals surface area contributed by atoms with E-state index in [9.17, 15) is 18.0 Å². The van der Waals surface area contributed by atoms with E-state index >= 15 is 0 Å². The van der Waals surface area contributed by atoms with Gasteiger partial charge >= 0.3 is 0 Å². The maximum absolute atomic E-state index is 12.7. The van der Waals surface area contributed by atoms with Gasteiger partial charge in [-0.05, 0) is 33.1 Å². The fourth-order valence-electron chi connectivity index (χ4n) is 5.29. The Morgan fingerprint density at radius 1 is 1.07 bits per heavy atom. The van der Waals surface area contributed by atoms with E-state index in [2.05, 4.69) is 5.10 Å². The molecule has 1 aromatic rings. The van der Waals surface area contributed by atoms with Crippen molar-refractivity contribution in [3.05, 3.63) is 17.0 Å². The molecular formula is C20H31N4O4S+. The quantitative estimate of drug-likeness (QED) is 0.674. The normalized spacial score (nSPS) is 30.0. The summed E-state index contributed by atoms with van der Waals surface area (Å²) in [5.74, 6) is 0.146. The number of sulfone groups is 1. The van der Waals surface area contributed by atoms with E-state index in [0.29, 0.717) is 19.6 Å². The lowest BCUT2D eigenvalue weighted by Gasteiger charge is -2.21. The molecule has 8 nitrogen and oxygen atoms in total. The van der Waals surface area contributed by atoms with Crippen molar-refractivity contribution in [2.45, 2.75) is 58.5 Å². The third-order valence-corrected chi connectivity index (χ3v) is 8.62. The lowest BCUT2D eigenvalue weighted by atomic mass is 9.81. The minimum Gasteiger partial charge on any atom is -0.316 e. The molecule has 3 aliphatic rings. The number of hydrogen-bond acceptors (Lipinski definition) is 5. The molecule has 1 aliphatic carbocycles. The Morgan fingerprint density at radius 3 is 2.24 bits per heavy atom. The first-order chi connectivity index (χ1) is 13.7. The number of nitrogens with one attached hydrogen (secondary N) is 1. The zero-order valence-corrected chi connectivity index (χ0v) is 18.3. The number of fused-ring (bicyclic) bond motifs is 1. The number of hydrogen-bond donors (Lipinski definition) is 1. The molecule has 3 heterocycles. The number of aromatic nitrogens is 2. The Balaban J connectivity index is 1.46. The topological polar surface area (TPSA) is 93.8 Å². The van der Waals surface area contributed by atoms with Crippen molar-refractivity contribution in [2.24, 2.45) is 11.8 Å². The van der Waals surface area contributed by atoms with Gasteiger partial charge in [-0.3, -0.25) is 14.3 Å². The number of amides is 2. The van der Waals surface area contributed by atoms with Gasteiger partial charge in [0.2, 0.25) is 11.8 Å². The van der Waals surface area contributed by atoms with Crippen LogP contribution in [-0.4, -0.2) is 60.1 Å². The van der Waals surface area contributed by atoms with Crippen LogP contribution in [0.4, 0.5) is 0 Å². The van der Waals surface area contributed by atoms with Crippen molar-refractivity contribution < 1.29 is 22.9 Å². The fraction of sp³-hybridized carbons (Fsp3) is 0.750. The minimum atomic E-state index is -2.97. The second kappa shape index (κ2) is 7.50. The van der Waals surface area contributed by atoms with E-state index < -0.39 is 9.84 Å². The predicted molar refractivity (Wildman–Crippen MR) is 107 cm³/mol. The minimum absolute atomic E-state index is 0.000601. The van der Waals surface area contributed by atoms with Crippen LogP contribution in [-0.2, 0) is 26.0 Å². The van der Waals surface area contributed by atoms with Crippen molar-refractivity contribution in [2.75, 3.05) is 25.2 Å². The van der Waals surface area contributed by atoms with Crippen LogP contribution in [0.15, 0.2) is 0 Å². The fourth-order valence-corrected chi connectivity index (χ4v) is 6.98. The number of quaternary nitrogens is 1. The van der Waals surface area contributed by atoms with Gasteiger partial charge in [-0.15, -0.1) is 0 Å². The monoisotopic (exact) mass is 423 g/mol. The molecule has 9 heteroatoms. The molecule has 1 unspecified atom stereocenters. The molecule has 4 rings (SSSR count). The molecule has 4 atom stereocenters. The first-order valence-corrected chi connectivity index (χ1v) is 12.4. The average Bonchev–Trinajstić information content (AvgIpc) is 3.25. The lowest BCUT2D eigenvalue weighted by molar-refractivity contribution is -0.901. The predicted octanol–water partition coefficient (Wildman–Crippen LogP) is 0.00694. The summed E-state index contributed by atoms with van der Waals surface area (Å²) in [6.07, 6.45) is 4.34. The van der Waals surface area contributed by atoms with Crippen LogP contribution in [0.3, 0.4) is 0 Å². The maximum Gasteiger partial charge on any atom is 0.237 e. The van der Waals surface area contributed by atoms with Crippen molar-refractivity contribution in [1.29, 1.82) is 0 Å². The third kappa shape index (κ3) is 3.74. The van der Waals surface area contributed by atoms with Crippen LogP contribution < -0.4 is 4.90 Å². The average molecular weight is 424 g/mol. The summed E-state index contributed by atoms with van der Waals surface area (Å²) in [5.41, 5.74) is 2.94. The molecular weight excluding hydrogens is 392 g/mol. The van der Waals surface area contributed by atoms with Crippen molar-refractivity contribution in [3.8, 4) is 0 Å². The van der Waals surface area contributed by atoms with Gasteiger partial charge in [0.05, 0.1) is 47.7 Å². The molecule has 2 aliphatic heterocycles. The number of likely N-dealkylation sites (tertiary alicyclic amines) is 1. The summed E-state index contributed by atoms with van der Waals surface area (Å²) in [7, 11) is -0.988. The molecule has 1 N–H and O–H groups in total. The number of rotatable bonds is 5. The van der Waals surface area contributed by atoms with Crippen LogP contribution in [0.1, 0.15) is 55.1 Å². The molecule has 2 saturated heterocycles. The van der Waals surface area contributed by atoms with E-state index in [-0.39, 0.29) is 41.2 Å². The summed E-state index contributed by atoms with van der Waals surface area (Å²) in [6.45, 7) is 4.93. The third-order valence-electron chi connectivity index (χ3n) is 6.87. The highest BCUT2D eigenvalue weighted by atomic mass is 32.2. The van der Waals surface area contributed by atoms with Gasteiger partial charge in [-0.25, -0.2) is 13.3 Å². The molecule has 29 heavy (non-hydrogen) atoms. The summed E-state index contributed by atoms with van der Waals surface area (Å²) in [5, 5.41) is 4.62. The zero-order valence-electron chi connectivity index (χ0n) is 17.5. The lowest BCUT2D eigenvalue weighted by Crippen LogP contribution is -3.09. The number of carbonyl (C=O) groups is 2.